The van der Waals surface area contributed by atoms with E-state index in [9.17, 15) is 32.2 Å². The fraction of sp³-hybridized carbons (Fsp3) is 0.429. The summed E-state index contributed by atoms with van der Waals surface area (Å²) in [6, 6.07) is 3.48. The number of benzene rings is 1. The maximum atomic E-state index is 13.0. The van der Waals surface area contributed by atoms with Crippen molar-refractivity contribution in [1.29, 1.82) is 0 Å². The predicted octanol–water partition coefficient (Wildman–Crippen LogP) is 1.73. The number of hydrogen-bond acceptors (Lipinski definition) is 11. The molecule has 0 unspecified atom stereocenters. The van der Waals surface area contributed by atoms with Crippen LogP contribution in [-0.2, 0) is 25.0 Å². The van der Waals surface area contributed by atoms with Gasteiger partial charge in [0.1, 0.15) is 0 Å². The molecule has 5 N–H and O–H groups in total. The molecule has 1 aromatic carbocycles. The number of phenolic OH excluding ortho intramolecular Hbond substituents is 2. The van der Waals surface area contributed by atoms with Crippen molar-refractivity contribution < 1.29 is 36.9 Å². The maximum Gasteiger partial charge on any atom is 0.345 e. The van der Waals surface area contributed by atoms with E-state index in [1.165, 1.54) is 21.8 Å². The summed E-state index contributed by atoms with van der Waals surface area (Å²) in [6.07, 6.45) is 0. The van der Waals surface area contributed by atoms with Gasteiger partial charge in [0, 0.05) is 18.5 Å². The minimum absolute atomic E-state index is 0.0585. The molecule has 13 nitrogen and oxygen atoms in total. The molecule has 1 saturated heterocycles. The topological polar surface area (TPSA) is 190 Å². The van der Waals surface area contributed by atoms with E-state index in [4.69, 9.17) is 4.74 Å². The summed E-state index contributed by atoms with van der Waals surface area (Å²) in [5, 5.41) is 34.4. The Balaban J connectivity index is 1.68. The van der Waals surface area contributed by atoms with Crippen molar-refractivity contribution in [2.45, 2.75) is 31.0 Å². The van der Waals surface area contributed by atoms with E-state index >= 15 is 0 Å². The van der Waals surface area contributed by atoms with Gasteiger partial charge in [0.25, 0.3) is 10.0 Å². The van der Waals surface area contributed by atoms with Crippen LogP contribution in [0.2, 0.25) is 0 Å². The molecular formula is C21H27N5O8S3. The van der Waals surface area contributed by atoms with Gasteiger partial charge in [0.15, 0.2) is 33.1 Å². The van der Waals surface area contributed by atoms with Crippen LogP contribution in [0, 0.1) is 5.41 Å². The van der Waals surface area contributed by atoms with Crippen LogP contribution in [0.3, 0.4) is 0 Å². The van der Waals surface area contributed by atoms with Crippen LogP contribution in [0.5, 0.6) is 17.2 Å². The van der Waals surface area contributed by atoms with E-state index in [-0.39, 0.29) is 59.4 Å². The molecule has 0 saturated carbocycles. The molecule has 2 aliphatic rings. The van der Waals surface area contributed by atoms with Crippen molar-refractivity contribution in [3.63, 3.8) is 0 Å². The fourth-order valence-corrected chi connectivity index (χ4v) is 7.37. The monoisotopic (exact) mass is 573 g/mol. The number of nitrogens with one attached hydrogen (secondary N) is 2. The summed E-state index contributed by atoms with van der Waals surface area (Å²) in [7, 11) is -8.16. The normalized spacial score (nSPS) is 20.4. The second kappa shape index (κ2) is 9.75. The zero-order chi connectivity index (χ0) is 27.2. The Morgan fingerprint density at radius 2 is 1.86 bits per heavy atom. The van der Waals surface area contributed by atoms with Crippen LogP contribution in [0.15, 0.2) is 37.2 Å². The summed E-state index contributed by atoms with van der Waals surface area (Å²) in [5.41, 5.74) is -0.130. The van der Waals surface area contributed by atoms with E-state index in [0.717, 1.165) is 11.3 Å². The third kappa shape index (κ3) is 5.67. The van der Waals surface area contributed by atoms with E-state index in [0.29, 0.717) is 5.56 Å². The van der Waals surface area contributed by atoms with Crippen LogP contribution in [-0.4, -0.2) is 74.4 Å². The molecule has 202 valence electrons. The van der Waals surface area contributed by atoms with Gasteiger partial charge in [0.2, 0.25) is 0 Å². The van der Waals surface area contributed by atoms with Gasteiger partial charge in [-0.05, 0) is 23.1 Å². The number of thiophene rings is 1. The zero-order valence-electron chi connectivity index (χ0n) is 20.2. The van der Waals surface area contributed by atoms with Gasteiger partial charge in [-0.3, -0.25) is 4.99 Å². The molecular weight excluding hydrogens is 546 g/mol. The molecule has 0 spiro atoms. The highest BCUT2D eigenvalue weighted by Gasteiger charge is 2.35. The van der Waals surface area contributed by atoms with Crippen LogP contribution in [0.25, 0.3) is 0 Å². The molecule has 1 aromatic heterocycles. The van der Waals surface area contributed by atoms with E-state index in [1.54, 1.807) is 6.07 Å². The van der Waals surface area contributed by atoms with E-state index in [1.807, 2.05) is 20.8 Å². The minimum atomic E-state index is -4.17. The predicted molar refractivity (Wildman–Crippen MR) is 138 cm³/mol. The zero-order valence-corrected chi connectivity index (χ0v) is 22.6. The number of morpholine rings is 1. The molecule has 0 amide bonds. The van der Waals surface area contributed by atoms with Crippen LogP contribution >= 0.6 is 11.3 Å². The molecule has 1 atom stereocenters. The van der Waals surface area contributed by atoms with Gasteiger partial charge in [-0.15, -0.1) is 15.7 Å². The average molecular weight is 574 g/mol. The Labute approximate surface area is 218 Å². The number of rotatable bonds is 5. The van der Waals surface area contributed by atoms with Gasteiger partial charge >= 0.3 is 10.2 Å². The minimum Gasteiger partial charge on any atom is -0.504 e. The molecule has 3 heterocycles. The number of nitrogens with zero attached hydrogens (tertiary/aromatic N) is 3. The van der Waals surface area contributed by atoms with Crippen molar-refractivity contribution in [2.24, 2.45) is 14.8 Å². The second-order valence-corrected chi connectivity index (χ2v) is 13.8. The highest BCUT2D eigenvalue weighted by atomic mass is 32.2. The average Bonchev–Trinajstić information content (AvgIpc) is 3.32. The Kier molecular flexibility index (Phi) is 7.15. The third-order valence-corrected chi connectivity index (χ3v) is 9.85. The number of phenols is 2. The van der Waals surface area contributed by atoms with Crippen LogP contribution in [0.1, 0.15) is 32.4 Å². The number of ether oxygens (including phenoxy) is 1. The first-order valence-corrected chi connectivity index (χ1v) is 14.8. The summed E-state index contributed by atoms with van der Waals surface area (Å²) >= 11 is 0.780. The van der Waals surface area contributed by atoms with Crippen molar-refractivity contribution in [2.75, 3.05) is 31.6 Å². The Morgan fingerprint density at radius 3 is 2.49 bits per heavy atom. The smallest absolute Gasteiger partial charge is 0.345 e. The lowest BCUT2D eigenvalue weighted by Gasteiger charge is -2.28. The number of anilines is 1. The summed E-state index contributed by atoms with van der Waals surface area (Å²) in [4.78, 5) is 4.54. The standard InChI is InChI=1S/C21H27N5O8S3/c1-21(2,3)17(12-4-5-14(27)15(28)10-12)23-19-18(24-37(32,33)25-19)22-13-11-35-20(16(13)29)36(30,31)26-6-8-34-9-7-26/h4-5,10-11,17,27-29H,6-9H2,1-3H3,(H,22,24)(H,23,25)/t17-/m0/s1. The molecule has 0 aliphatic carbocycles. The molecule has 16 heteroatoms. The lowest BCUT2D eigenvalue weighted by molar-refractivity contribution is 0.0730. The van der Waals surface area contributed by atoms with Gasteiger partial charge < -0.3 is 25.4 Å². The Bertz CT molecular complexity index is 1470. The second-order valence-electron chi connectivity index (χ2n) is 9.44. The molecule has 37 heavy (non-hydrogen) atoms. The highest BCUT2D eigenvalue weighted by Crippen LogP contribution is 2.41. The largest absolute Gasteiger partial charge is 0.504 e. The summed E-state index contributed by atoms with van der Waals surface area (Å²) in [5.74, 6) is -1.66. The Morgan fingerprint density at radius 1 is 1.19 bits per heavy atom. The lowest BCUT2D eigenvalue weighted by atomic mass is 9.82. The van der Waals surface area contributed by atoms with Crippen molar-refractivity contribution in [1.82, 2.24) is 9.03 Å². The van der Waals surface area contributed by atoms with Gasteiger partial charge in [0.05, 0.1) is 24.9 Å². The van der Waals surface area contributed by atoms with Crippen molar-refractivity contribution >= 4 is 48.9 Å². The molecule has 2 aliphatic heterocycles. The first kappa shape index (κ1) is 27.1. The van der Waals surface area contributed by atoms with Crippen molar-refractivity contribution in [3.05, 3.63) is 29.1 Å². The Hall–Kier alpha value is -2.92. The fourth-order valence-electron chi connectivity index (χ4n) is 3.77. The number of amidine groups is 2. The molecule has 1 fully saturated rings. The first-order chi connectivity index (χ1) is 17.2. The lowest BCUT2D eigenvalue weighted by Crippen LogP contribution is -2.40. The van der Waals surface area contributed by atoms with Crippen LogP contribution < -0.4 is 10.0 Å². The maximum absolute atomic E-state index is 13.0. The summed E-state index contributed by atoms with van der Waals surface area (Å²) < 4.78 is 62.5. The number of hydrogen-bond donors (Lipinski definition) is 5. The molecule has 4 rings (SSSR count). The van der Waals surface area contributed by atoms with Crippen molar-refractivity contribution in [3.8, 4) is 17.2 Å². The quantitative estimate of drug-likeness (QED) is 0.332. The van der Waals surface area contributed by atoms with Gasteiger partial charge in [-0.2, -0.15) is 12.7 Å². The molecule has 2 aromatic rings. The first-order valence-electron chi connectivity index (χ1n) is 11.1. The molecule has 0 radical (unpaired) electrons. The van der Waals surface area contributed by atoms with E-state index < -0.39 is 37.4 Å². The number of aromatic hydroxyl groups is 3. The highest BCUT2D eigenvalue weighted by molar-refractivity contribution is 7.91. The van der Waals surface area contributed by atoms with Crippen LogP contribution in [0.4, 0.5) is 5.69 Å². The van der Waals surface area contributed by atoms with Gasteiger partial charge in [-0.1, -0.05) is 26.8 Å². The number of aliphatic imine (C=N–C) groups is 1. The number of sulfonamides is 1. The molecule has 0 bridgehead atoms. The summed E-state index contributed by atoms with van der Waals surface area (Å²) in [6.45, 7) is 6.34. The van der Waals surface area contributed by atoms with Gasteiger partial charge in [-0.25, -0.2) is 13.1 Å². The SMILES string of the molecule is CC(C)(C)[C@@H](N=C1NS(=O)(=O)N=C1Nc1csc(S(=O)(=O)N2CCOCC2)c1O)c1ccc(O)c(O)c1. The third-order valence-electron chi connectivity index (χ3n) is 5.58. The van der Waals surface area contributed by atoms with E-state index in [2.05, 4.69) is 19.4 Å².